The standard InChI is InChI=1S/C21H21ClSi/c1-21(2,3)18-14-15-23(22)20(17-12-8-5-9-13-17)19(18)16-10-6-4-7-11-16/h4-15H,1-3H3. The minimum absolute atomic E-state index is 0.0706. The minimum Gasteiger partial charge on any atom is -0.133 e. The van der Waals surface area contributed by atoms with Gasteiger partial charge in [-0.3, -0.25) is 0 Å². The molecule has 0 nitrogen and oxygen atoms in total. The van der Waals surface area contributed by atoms with Crippen LogP contribution in [-0.2, 0) is 5.41 Å². The van der Waals surface area contributed by atoms with Gasteiger partial charge in [0.25, 0.3) is 0 Å². The van der Waals surface area contributed by atoms with Gasteiger partial charge in [0.15, 0.2) is 7.71 Å². The van der Waals surface area contributed by atoms with Crippen molar-refractivity contribution >= 4 is 18.8 Å². The zero-order chi connectivity index (χ0) is 16.4. The maximum atomic E-state index is 6.82. The fourth-order valence-electron chi connectivity index (χ4n) is 2.99. The lowest BCUT2D eigenvalue weighted by atomic mass is 9.82. The normalized spacial score (nSPS) is 11.5. The Kier molecular flexibility index (Phi) is 4.52. The molecule has 0 amide bonds. The van der Waals surface area contributed by atoms with E-state index in [-0.39, 0.29) is 5.41 Å². The van der Waals surface area contributed by atoms with Crippen LogP contribution in [0.3, 0.4) is 0 Å². The largest absolute Gasteiger partial charge is 0.160 e. The maximum Gasteiger partial charge on any atom is 0.160 e. The molecule has 23 heavy (non-hydrogen) atoms. The third kappa shape index (κ3) is 3.31. The number of benzene rings is 2. The van der Waals surface area contributed by atoms with Gasteiger partial charge in [-0.25, -0.2) is 0 Å². The predicted molar refractivity (Wildman–Crippen MR) is 103 cm³/mol. The zero-order valence-electron chi connectivity index (χ0n) is 13.8. The van der Waals surface area contributed by atoms with Crippen LogP contribution in [0.1, 0.15) is 26.3 Å². The molecule has 0 saturated carbocycles. The van der Waals surface area contributed by atoms with E-state index in [4.69, 9.17) is 11.1 Å². The molecule has 1 heterocycles. The van der Waals surface area contributed by atoms with Crippen molar-refractivity contribution in [1.82, 2.24) is 0 Å². The molecule has 0 fully saturated rings. The Morgan fingerprint density at radius 1 is 0.739 bits per heavy atom. The minimum atomic E-state index is -1.22. The zero-order valence-corrected chi connectivity index (χ0v) is 15.6. The smallest absolute Gasteiger partial charge is 0.133 e. The molecule has 116 valence electrons. The highest BCUT2D eigenvalue weighted by Crippen LogP contribution is 2.40. The second kappa shape index (κ2) is 6.43. The molecule has 3 rings (SSSR count). The third-order valence-electron chi connectivity index (χ3n) is 4.09. The van der Waals surface area contributed by atoms with Gasteiger partial charge in [-0.2, -0.15) is 0 Å². The van der Waals surface area contributed by atoms with Crippen LogP contribution in [0.15, 0.2) is 72.4 Å². The van der Waals surface area contributed by atoms with Gasteiger partial charge in [-0.1, -0.05) is 93.2 Å². The Labute approximate surface area is 145 Å². The second-order valence-corrected chi connectivity index (χ2v) is 9.58. The van der Waals surface area contributed by atoms with Crippen molar-refractivity contribution in [3.05, 3.63) is 78.0 Å². The van der Waals surface area contributed by atoms with Crippen LogP contribution in [0.25, 0.3) is 21.9 Å². The van der Waals surface area contributed by atoms with Gasteiger partial charge >= 0.3 is 0 Å². The summed E-state index contributed by atoms with van der Waals surface area (Å²) in [5.74, 6) is 0. The topological polar surface area (TPSA) is 0 Å². The number of halogens is 1. The van der Waals surface area contributed by atoms with Gasteiger partial charge in [-0.15, -0.1) is 11.1 Å². The number of hydrogen-bond acceptors (Lipinski definition) is 0. The van der Waals surface area contributed by atoms with Gasteiger partial charge < -0.3 is 0 Å². The van der Waals surface area contributed by atoms with E-state index >= 15 is 0 Å². The van der Waals surface area contributed by atoms with Crippen molar-refractivity contribution < 1.29 is 0 Å². The Morgan fingerprint density at radius 2 is 1.26 bits per heavy atom. The van der Waals surface area contributed by atoms with Crippen LogP contribution in [0.4, 0.5) is 0 Å². The van der Waals surface area contributed by atoms with Crippen LogP contribution in [0, 0.1) is 0 Å². The van der Waals surface area contributed by atoms with Crippen LogP contribution < -0.4 is 0 Å². The summed E-state index contributed by atoms with van der Waals surface area (Å²) in [6.45, 7) is 6.80. The lowest BCUT2D eigenvalue weighted by Crippen LogP contribution is -2.15. The first-order valence-electron chi connectivity index (χ1n) is 7.92. The summed E-state index contributed by atoms with van der Waals surface area (Å²) in [6.07, 6.45) is 0. The second-order valence-electron chi connectivity index (χ2n) is 6.83. The molecule has 2 aromatic carbocycles. The van der Waals surface area contributed by atoms with Crippen molar-refractivity contribution in [3.8, 4) is 21.9 Å². The number of rotatable bonds is 2. The summed E-state index contributed by atoms with van der Waals surface area (Å²) >= 11 is 6.82. The van der Waals surface area contributed by atoms with E-state index in [0.717, 1.165) is 0 Å². The Hall–Kier alpha value is -1.70. The van der Waals surface area contributed by atoms with Crippen molar-refractivity contribution in [2.24, 2.45) is 0 Å². The van der Waals surface area contributed by atoms with Gasteiger partial charge in [0.1, 0.15) is 0 Å². The maximum absolute atomic E-state index is 6.82. The van der Waals surface area contributed by atoms with E-state index in [9.17, 15) is 0 Å². The molecule has 0 atom stereocenters. The summed E-state index contributed by atoms with van der Waals surface area (Å²) in [7, 11) is -1.22. The summed E-state index contributed by atoms with van der Waals surface area (Å²) in [6, 6.07) is 23.5. The summed E-state index contributed by atoms with van der Waals surface area (Å²) in [5, 5.41) is 1.30. The Morgan fingerprint density at radius 3 is 1.78 bits per heavy atom. The molecule has 0 N–H and O–H groups in total. The summed E-state index contributed by atoms with van der Waals surface area (Å²) < 4.78 is 0. The highest BCUT2D eigenvalue weighted by Gasteiger charge is 2.23. The van der Waals surface area contributed by atoms with Gasteiger partial charge in [-0.05, 0) is 32.8 Å². The Balaban J connectivity index is 2.39. The lowest BCUT2D eigenvalue weighted by Gasteiger charge is -2.26. The van der Waals surface area contributed by atoms with Gasteiger partial charge in [0.2, 0.25) is 0 Å². The molecular formula is C21H21ClSi. The highest BCUT2D eigenvalue weighted by molar-refractivity contribution is 7.05. The van der Waals surface area contributed by atoms with E-state index < -0.39 is 7.71 Å². The fourth-order valence-corrected chi connectivity index (χ4v) is 5.23. The lowest BCUT2D eigenvalue weighted by molar-refractivity contribution is 0.592. The molecular weight excluding hydrogens is 316 g/mol. The number of hydrogen-bond donors (Lipinski definition) is 0. The van der Waals surface area contributed by atoms with Crippen LogP contribution in [-0.4, -0.2) is 7.71 Å². The molecule has 0 aliphatic rings. The highest BCUT2D eigenvalue weighted by atomic mass is 35.6. The van der Waals surface area contributed by atoms with E-state index in [1.165, 1.54) is 27.4 Å². The third-order valence-corrected chi connectivity index (χ3v) is 6.51. The van der Waals surface area contributed by atoms with Crippen molar-refractivity contribution in [3.63, 3.8) is 0 Å². The first kappa shape index (κ1) is 16.2. The first-order valence-corrected chi connectivity index (χ1v) is 10.5. The molecule has 0 spiro atoms. The fraction of sp³-hybridized carbons (Fsp3) is 0.190. The molecule has 0 bridgehead atoms. The molecule has 3 aromatic rings. The average Bonchev–Trinajstić information content (AvgIpc) is 2.55. The molecule has 0 aliphatic carbocycles. The van der Waals surface area contributed by atoms with E-state index in [0.29, 0.717) is 0 Å². The molecule has 0 saturated heterocycles. The van der Waals surface area contributed by atoms with Crippen molar-refractivity contribution in [2.45, 2.75) is 26.2 Å². The quantitative estimate of drug-likeness (QED) is 0.378. The summed E-state index contributed by atoms with van der Waals surface area (Å²) in [5.41, 5.74) is 7.45. The first-order chi connectivity index (χ1) is 11.0. The predicted octanol–water partition coefficient (Wildman–Crippen LogP) is 6.35. The SMILES string of the molecule is CC(C)(C)c1cc[si](Cl)c(-c2ccccc2)c1-c1ccccc1. The Bertz CT molecular complexity index is 802. The van der Waals surface area contributed by atoms with Crippen molar-refractivity contribution in [1.29, 1.82) is 0 Å². The van der Waals surface area contributed by atoms with Crippen LogP contribution in [0.5, 0.6) is 0 Å². The van der Waals surface area contributed by atoms with Crippen molar-refractivity contribution in [2.75, 3.05) is 0 Å². The molecule has 2 heteroatoms. The van der Waals surface area contributed by atoms with E-state index in [2.05, 4.69) is 93.2 Å². The van der Waals surface area contributed by atoms with Crippen LogP contribution in [0.2, 0.25) is 0 Å². The average molecular weight is 337 g/mol. The van der Waals surface area contributed by atoms with E-state index in [1.54, 1.807) is 0 Å². The van der Waals surface area contributed by atoms with Gasteiger partial charge in [0, 0.05) is 0 Å². The van der Waals surface area contributed by atoms with Crippen LogP contribution >= 0.6 is 11.1 Å². The molecule has 0 radical (unpaired) electrons. The molecule has 1 aromatic heterocycles. The monoisotopic (exact) mass is 336 g/mol. The van der Waals surface area contributed by atoms with Gasteiger partial charge in [0.05, 0.1) is 0 Å². The summed E-state index contributed by atoms with van der Waals surface area (Å²) in [4.78, 5) is 0. The molecule has 0 unspecified atom stereocenters. The molecule has 0 aliphatic heterocycles. The van der Waals surface area contributed by atoms with E-state index in [1.807, 2.05) is 0 Å².